The lowest BCUT2D eigenvalue weighted by atomic mass is 9.81. The maximum atomic E-state index is 12.6. The highest BCUT2D eigenvalue weighted by Crippen LogP contribution is 2.29. The van der Waals surface area contributed by atoms with Gasteiger partial charge in [-0.05, 0) is 79.6 Å². The number of ether oxygens (including phenoxy) is 2. The van der Waals surface area contributed by atoms with Crippen LogP contribution in [-0.4, -0.2) is 44.1 Å². The van der Waals surface area contributed by atoms with Crippen LogP contribution in [0.4, 0.5) is 0 Å². The number of benzene rings is 2. The third kappa shape index (κ3) is 6.44. The molecule has 0 spiro atoms. The van der Waals surface area contributed by atoms with Crippen molar-refractivity contribution < 1.29 is 26.3 Å². The monoisotopic (exact) mass is 482 g/mol. The van der Waals surface area contributed by atoms with Crippen LogP contribution in [0, 0.1) is 11.8 Å². The molecular formula is C22H30N2O6S2. The van der Waals surface area contributed by atoms with Crippen molar-refractivity contribution in [2.75, 3.05) is 27.3 Å². The molecule has 1 aliphatic carbocycles. The zero-order valence-corrected chi connectivity index (χ0v) is 19.9. The highest BCUT2D eigenvalue weighted by molar-refractivity contribution is 7.89. The molecular weight excluding hydrogens is 452 g/mol. The van der Waals surface area contributed by atoms with Gasteiger partial charge in [0.25, 0.3) is 0 Å². The average molecular weight is 483 g/mol. The number of hydrogen-bond acceptors (Lipinski definition) is 6. The van der Waals surface area contributed by atoms with E-state index in [-0.39, 0.29) is 21.6 Å². The summed E-state index contributed by atoms with van der Waals surface area (Å²) >= 11 is 0. The molecule has 0 unspecified atom stereocenters. The van der Waals surface area contributed by atoms with Gasteiger partial charge in [-0.25, -0.2) is 26.3 Å². The van der Waals surface area contributed by atoms with Crippen LogP contribution in [0.2, 0.25) is 0 Å². The van der Waals surface area contributed by atoms with Gasteiger partial charge in [0.2, 0.25) is 20.0 Å². The highest BCUT2D eigenvalue weighted by atomic mass is 32.2. The van der Waals surface area contributed by atoms with E-state index in [0.717, 1.165) is 25.7 Å². The number of sulfonamides is 2. The van der Waals surface area contributed by atoms with E-state index in [2.05, 4.69) is 9.44 Å². The fourth-order valence-corrected chi connectivity index (χ4v) is 6.14. The molecule has 2 aromatic carbocycles. The number of methoxy groups -OCH3 is 2. The van der Waals surface area contributed by atoms with Gasteiger partial charge in [0, 0.05) is 13.1 Å². The predicted molar refractivity (Wildman–Crippen MR) is 122 cm³/mol. The summed E-state index contributed by atoms with van der Waals surface area (Å²) in [6, 6.07) is 12.5. The highest BCUT2D eigenvalue weighted by Gasteiger charge is 2.25. The summed E-state index contributed by atoms with van der Waals surface area (Å²) in [7, 11) is -4.16. The smallest absolute Gasteiger partial charge is 0.240 e. The molecule has 0 amide bonds. The molecule has 32 heavy (non-hydrogen) atoms. The minimum absolute atomic E-state index is 0.160. The Morgan fingerprint density at radius 3 is 1.44 bits per heavy atom. The molecule has 0 aliphatic heterocycles. The van der Waals surface area contributed by atoms with E-state index in [1.165, 1.54) is 38.5 Å². The predicted octanol–water partition coefficient (Wildman–Crippen LogP) is 2.77. The third-order valence-corrected chi connectivity index (χ3v) is 8.63. The van der Waals surface area contributed by atoms with E-state index in [1.54, 1.807) is 24.3 Å². The number of rotatable bonds is 10. The molecule has 2 N–H and O–H groups in total. The normalized spacial score (nSPS) is 19.4. The Morgan fingerprint density at radius 1 is 0.719 bits per heavy atom. The van der Waals surface area contributed by atoms with Crippen molar-refractivity contribution >= 4 is 20.0 Å². The van der Waals surface area contributed by atoms with Crippen LogP contribution in [0.15, 0.2) is 58.3 Å². The lowest BCUT2D eigenvalue weighted by Crippen LogP contribution is -2.35. The van der Waals surface area contributed by atoms with Gasteiger partial charge in [-0.3, -0.25) is 0 Å². The van der Waals surface area contributed by atoms with Gasteiger partial charge >= 0.3 is 0 Å². The molecule has 2 atom stereocenters. The van der Waals surface area contributed by atoms with Gasteiger partial charge in [0.1, 0.15) is 11.5 Å². The Hall–Kier alpha value is -2.14. The summed E-state index contributed by atoms with van der Waals surface area (Å²) in [5.41, 5.74) is 0. The Kier molecular flexibility index (Phi) is 8.16. The summed E-state index contributed by atoms with van der Waals surface area (Å²) in [4.78, 5) is 0.385. The largest absolute Gasteiger partial charge is 0.497 e. The maximum absolute atomic E-state index is 12.6. The molecule has 0 radical (unpaired) electrons. The van der Waals surface area contributed by atoms with Crippen molar-refractivity contribution in [1.29, 1.82) is 0 Å². The van der Waals surface area contributed by atoms with E-state index < -0.39 is 20.0 Å². The zero-order chi connectivity index (χ0) is 23.2. The van der Waals surface area contributed by atoms with Crippen molar-refractivity contribution in [2.45, 2.75) is 35.5 Å². The second-order valence-corrected chi connectivity index (χ2v) is 11.5. The van der Waals surface area contributed by atoms with E-state index in [0.29, 0.717) is 24.6 Å². The summed E-state index contributed by atoms with van der Waals surface area (Å²) in [6.45, 7) is 0.659. The second-order valence-electron chi connectivity index (χ2n) is 7.95. The molecule has 10 heteroatoms. The van der Waals surface area contributed by atoms with Crippen molar-refractivity contribution in [3.05, 3.63) is 48.5 Å². The van der Waals surface area contributed by atoms with Gasteiger partial charge in [0.05, 0.1) is 24.0 Å². The fraction of sp³-hybridized carbons (Fsp3) is 0.455. The zero-order valence-electron chi connectivity index (χ0n) is 18.3. The van der Waals surface area contributed by atoms with Crippen LogP contribution in [0.1, 0.15) is 25.7 Å². The fourth-order valence-electron chi connectivity index (χ4n) is 3.90. The van der Waals surface area contributed by atoms with E-state index >= 15 is 0 Å². The van der Waals surface area contributed by atoms with Crippen LogP contribution < -0.4 is 18.9 Å². The molecule has 1 saturated carbocycles. The summed E-state index contributed by atoms with van der Waals surface area (Å²) in [5, 5.41) is 0. The van der Waals surface area contributed by atoms with Gasteiger partial charge < -0.3 is 9.47 Å². The lowest BCUT2D eigenvalue weighted by Gasteiger charge is -2.29. The summed E-state index contributed by atoms with van der Waals surface area (Å²) < 4.78 is 65.8. The van der Waals surface area contributed by atoms with Crippen molar-refractivity contribution in [1.82, 2.24) is 9.44 Å². The van der Waals surface area contributed by atoms with Crippen molar-refractivity contribution in [3.63, 3.8) is 0 Å². The SMILES string of the molecule is COc1ccc(S(=O)(=O)NC[C@H]2CCC[C@H](CNS(=O)(=O)c3ccc(OC)cc3)C2)cc1. The van der Waals surface area contributed by atoms with Gasteiger partial charge in [-0.1, -0.05) is 6.42 Å². The Bertz CT molecular complexity index is 997. The molecule has 2 aromatic rings. The van der Waals surface area contributed by atoms with Gasteiger partial charge in [0.15, 0.2) is 0 Å². The molecule has 0 bridgehead atoms. The first-order valence-corrected chi connectivity index (χ1v) is 13.5. The summed E-state index contributed by atoms with van der Waals surface area (Å²) in [6.07, 6.45) is 3.51. The molecule has 0 heterocycles. The van der Waals surface area contributed by atoms with Crippen LogP contribution in [0.25, 0.3) is 0 Å². The molecule has 176 valence electrons. The minimum atomic E-state index is -3.61. The molecule has 0 saturated heterocycles. The summed E-state index contributed by atoms with van der Waals surface area (Å²) in [5.74, 6) is 1.51. The van der Waals surface area contributed by atoms with E-state index in [9.17, 15) is 16.8 Å². The minimum Gasteiger partial charge on any atom is -0.497 e. The van der Waals surface area contributed by atoms with Crippen LogP contribution in [0.3, 0.4) is 0 Å². The molecule has 3 rings (SSSR count). The van der Waals surface area contributed by atoms with Gasteiger partial charge in [-0.2, -0.15) is 0 Å². The molecule has 0 aromatic heterocycles. The van der Waals surface area contributed by atoms with Crippen LogP contribution in [-0.2, 0) is 20.0 Å². The molecule has 1 aliphatic rings. The first kappa shape index (κ1) is 24.5. The average Bonchev–Trinajstić information content (AvgIpc) is 2.82. The third-order valence-electron chi connectivity index (χ3n) is 5.75. The first-order chi connectivity index (χ1) is 15.2. The Balaban J connectivity index is 1.52. The molecule has 1 fully saturated rings. The quantitative estimate of drug-likeness (QED) is 0.539. The topological polar surface area (TPSA) is 111 Å². The Labute approximate surface area is 190 Å². The number of hydrogen-bond donors (Lipinski definition) is 2. The number of nitrogens with one attached hydrogen (secondary N) is 2. The van der Waals surface area contributed by atoms with Crippen LogP contribution in [0.5, 0.6) is 11.5 Å². The van der Waals surface area contributed by atoms with E-state index in [4.69, 9.17) is 9.47 Å². The van der Waals surface area contributed by atoms with E-state index in [1.807, 2.05) is 0 Å². The standard InChI is InChI=1S/C22H30N2O6S2/c1-29-19-6-10-21(11-7-19)31(25,26)23-15-17-4-3-5-18(14-17)16-24-32(27,28)22-12-8-20(30-2)9-13-22/h6-13,17-18,23-24H,3-5,14-16H2,1-2H3/t17-,18-/m0/s1. The van der Waals surface area contributed by atoms with Crippen molar-refractivity contribution in [3.8, 4) is 11.5 Å². The lowest BCUT2D eigenvalue weighted by molar-refractivity contribution is 0.268. The first-order valence-electron chi connectivity index (χ1n) is 10.5. The maximum Gasteiger partial charge on any atom is 0.240 e. The Morgan fingerprint density at radius 2 is 1.09 bits per heavy atom. The van der Waals surface area contributed by atoms with Crippen molar-refractivity contribution in [2.24, 2.45) is 11.8 Å². The van der Waals surface area contributed by atoms with Gasteiger partial charge in [-0.15, -0.1) is 0 Å². The second kappa shape index (κ2) is 10.7. The molecule has 8 nitrogen and oxygen atoms in total. The van der Waals surface area contributed by atoms with Crippen LogP contribution >= 0.6 is 0 Å².